The zero-order chi connectivity index (χ0) is 15.7. The van der Waals surface area contributed by atoms with Crippen molar-refractivity contribution in [2.75, 3.05) is 0 Å². The van der Waals surface area contributed by atoms with Crippen LogP contribution in [0.1, 0.15) is 17.1 Å². The molecule has 1 aliphatic heterocycles. The zero-order valence-corrected chi connectivity index (χ0v) is 11.5. The third-order valence-electron chi connectivity index (χ3n) is 2.96. The van der Waals surface area contributed by atoms with E-state index in [4.69, 9.17) is 9.15 Å². The van der Waals surface area contributed by atoms with Gasteiger partial charge in [0.25, 0.3) is 5.69 Å². The second kappa shape index (κ2) is 5.28. The second-order valence-corrected chi connectivity index (χ2v) is 4.59. The molecule has 2 heterocycles. The maximum atomic E-state index is 11.8. The summed E-state index contributed by atoms with van der Waals surface area (Å²) in [6, 6.07) is 9.20. The van der Waals surface area contributed by atoms with Crippen molar-refractivity contribution in [3.63, 3.8) is 0 Å². The first-order valence-corrected chi connectivity index (χ1v) is 6.37. The average Bonchev–Trinajstić information content (AvgIpc) is 3.06. The Morgan fingerprint density at radius 1 is 1.27 bits per heavy atom. The number of nitro groups is 1. The monoisotopic (exact) mass is 298 g/mol. The van der Waals surface area contributed by atoms with E-state index in [1.165, 1.54) is 24.3 Å². The van der Waals surface area contributed by atoms with Crippen LogP contribution in [0.4, 0.5) is 5.69 Å². The number of esters is 1. The summed E-state index contributed by atoms with van der Waals surface area (Å²) in [6.07, 6.45) is 1.46. The summed E-state index contributed by atoms with van der Waals surface area (Å²) in [7, 11) is 0. The Morgan fingerprint density at radius 3 is 2.77 bits per heavy atom. The molecule has 1 aromatic carbocycles. The lowest BCUT2D eigenvalue weighted by molar-refractivity contribution is -0.384. The van der Waals surface area contributed by atoms with E-state index in [2.05, 4.69) is 4.99 Å². The number of ether oxygens (including phenoxy) is 1. The van der Waals surface area contributed by atoms with Crippen LogP contribution < -0.4 is 0 Å². The molecule has 2 aromatic rings. The number of non-ortho nitro benzene ring substituents is 1. The lowest BCUT2D eigenvalue weighted by atomic mass is 10.2. The fourth-order valence-corrected chi connectivity index (χ4v) is 1.95. The highest BCUT2D eigenvalue weighted by Crippen LogP contribution is 2.22. The normalized spacial score (nSPS) is 15.8. The average molecular weight is 298 g/mol. The van der Waals surface area contributed by atoms with Gasteiger partial charge < -0.3 is 9.15 Å². The van der Waals surface area contributed by atoms with Gasteiger partial charge in [-0.1, -0.05) is 6.07 Å². The lowest BCUT2D eigenvalue weighted by Gasteiger charge is -1.98. The number of rotatable bonds is 3. The maximum Gasteiger partial charge on any atom is 0.363 e. The van der Waals surface area contributed by atoms with Crippen LogP contribution >= 0.6 is 0 Å². The van der Waals surface area contributed by atoms with Crippen molar-refractivity contribution in [3.8, 4) is 0 Å². The number of hydrogen-bond donors (Lipinski definition) is 0. The van der Waals surface area contributed by atoms with E-state index in [0.29, 0.717) is 17.1 Å². The summed E-state index contributed by atoms with van der Waals surface area (Å²) in [5.41, 5.74) is 0.341. The van der Waals surface area contributed by atoms with E-state index in [-0.39, 0.29) is 17.3 Å². The standard InChI is InChI=1S/C15H10N2O5/c1-9-5-6-12(21-9)8-13-15(18)22-14(16-13)10-3-2-4-11(7-10)17(19)20/h2-8H,1H3/b13-8+. The summed E-state index contributed by atoms with van der Waals surface area (Å²) in [6.45, 7) is 1.78. The van der Waals surface area contributed by atoms with Gasteiger partial charge in [0.2, 0.25) is 5.90 Å². The van der Waals surface area contributed by atoms with Crippen molar-refractivity contribution in [1.82, 2.24) is 0 Å². The number of benzene rings is 1. The highest BCUT2D eigenvalue weighted by molar-refractivity contribution is 6.12. The molecule has 0 N–H and O–H groups in total. The number of carbonyl (C=O) groups excluding carboxylic acids is 1. The van der Waals surface area contributed by atoms with Crippen LogP contribution in [0.25, 0.3) is 6.08 Å². The molecule has 110 valence electrons. The van der Waals surface area contributed by atoms with Gasteiger partial charge in [-0.25, -0.2) is 9.79 Å². The predicted molar refractivity (Wildman–Crippen MR) is 77.1 cm³/mol. The van der Waals surface area contributed by atoms with Crippen LogP contribution in [0.2, 0.25) is 0 Å². The Bertz CT molecular complexity index is 832. The van der Waals surface area contributed by atoms with E-state index < -0.39 is 10.9 Å². The fraction of sp³-hybridized carbons (Fsp3) is 0.0667. The van der Waals surface area contributed by atoms with E-state index in [0.717, 1.165) is 0 Å². The van der Waals surface area contributed by atoms with E-state index in [9.17, 15) is 14.9 Å². The molecule has 22 heavy (non-hydrogen) atoms. The Kier molecular flexibility index (Phi) is 3.30. The first-order valence-electron chi connectivity index (χ1n) is 6.37. The third-order valence-corrected chi connectivity index (χ3v) is 2.96. The molecule has 0 atom stereocenters. The van der Waals surface area contributed by atoms with E-state index >= 15 is 0 Å². The van der Waals surface area contributed by atoms with Crippen molar-refractivity contribution in [3.05, 3.63) is 69.3 Å². The molecule has 0 aliphatic carbocycles. The number of carbonyl (C=O) groups is 1. The lowest BCUT2D eigenvalue weighted by Crippen LogP contribution is -2.05. The van der Waals surface area contributed by atoms with Crippen molar-refractivity contribution in [1.29, 1.82) is 0 Å². The molecule has 1 aromatic heterocycles. The Labute approximate surface area is 124 Å². The summed E-state index contributed by atoms with van der Waals surface area (Å²) in [5, 5.41) is 10.8. The van der Waals surface area contributed by atoms with Gasteiger partial charge in [0.15, 0.2) is 5.70 Å². The number of furan rings is 1. The smallest absolute Gasteiger partial charge is 0.363 e. The van der Waals surface area contributed by atoms with Crippen molar-refractivity contribution in [2.24, 2.45) is 4.99 Å². The van der Waals surface area contributed by atoms with Gasteiger partial charge in [0.1, 0.15) is 11.5 Å². The van der Waals surface area contributed by atoms with Crippen LogP contribution in [0.3, 0.4) is 0 Å². The molecule has 7 heteroatoms. The topological polar surface area (TPSA) is 94.9 Å². The Hall–Kier alpha value is -3.22. The molecule has 0 spiro atoms. The highest BCUT2D eigenvalue weighted by Gasteiger charge is 2.25. The third kappa shape index (κ3) is 2.64. The van der Waals surface area contributed by atoms with Gasteiger partial charge in [-0.05, 0) is 25.1 Å². The van der Waals surface area contributed by atoms with Gasteiger partial charge in [0, 0.05) is 23.8 Å². The predicted octanol–water partition coefficient (Wildman–Crippen LogP) is 2.84. The summed E-state index contributed by atoms with van der Waals surface area (Å²) in [4.78, 5) is 26.1. The molecule has 0 saturated carbocycles. The minimum Gasteiger partial charge on any atom is -0.462 e. The first-order chi connectivity index (χ1) is 10.5. The van der Waals surface area contributed by atoms with Crippen molar-refractivity contribution >= 4 is 23.6 Å². The molecular weight excluding hydrogens is 288 g/mol. The number of nitrogens with zero attached hydrogens (tertiary/aromatic N) is 2. The van der Waals surface area contributed by atoms with Crippen molar-refractivity contribution < 1.29 is 18.9 Å². The van der Waals surface area contributed by atoms with Crippen LogP contribution in [0.5, 0.6) is 0 Å². The number of aliphatic imine (C=N–C) groups is 1. The molecule has 3 rings (SSSR count). The summed E-state index contributed by atoms with van der Waals surface area (Å²) < 4.78 is 10.4. The highest BCUT2D eigenvalue weighted by atomic mass is 16.6. The number of aryl methyl sites for hydroxylation is 1. The van der Waals surface area contributed by atoms with E-state index in [1.54, 1.807) is 25.1 Å². The molecule has 7 nitrogen and oxygen atoms in total. The zero-order valence-electron chi connectivity index (χ0n) is 11.5. The van der Waals surface area contributed by atoms with Crippen LogP contribution in [-0.2, 0) is 9.53 Å². The fourth-order valence-electron chi connectivity index (χ4n) is 1.95. The largest absolute Gasteiger partial charge is 0.462 e. The molecule has 0 fully saturated rings. The molecule has 0 amide bonds. The van der Waals surface area contributed by atoms with Crippen molar-refractivity contribution in [2.45, 2.75) is 6.92 Å². The van der Waals surface area contributed by atoms with Gasteiger partial charge in [0.05, 0.1) is 4.92 Å². The second-order valence-electron chi connectivity index (χ2n) is 4.59. The minimum atomic E-state index is -0.629. The van der Waals surface area contributed by atoms with Crippen LogP contribution in [0, 0.1) is 17.0 Å². The molecular formula is C15H10N2O5. The van der Waals surface area contributed by atoms with Crippen LogP contribution in [0.15, 0.2) is 51.5 Å². The summed E-state index contributed by atoms with van der Waals surface area (Å²) >= 11 is 0. The maximum absolute atomic E-state index is 11.8. The molecule has 0 bridgehead atoms. The minimum absolute atomic E-state index is 0.0308. The van der Waals surface area contributed by atoms with Gasteiger partial charge in [-0.15, -0.1) is 0 Å². The number of nitro benzene ring substituents is 1. The van der Waals surface area contributed by atoms with Gasteiger partial charge in [-0.3, -0.25) is 10.1 Å². The Morgan fingerprint density at radius 2 is 2.09 bits per heavy atom. The molecule has 1 aliphatic rings. The van der Waals surface area contributed by atoms with Gasteiger partial charge >= 0.3 is 5.97 Å². The number of cyclic esters (lactones) is 1. The summed E-state index contributed by atoms with van der Waals surface area (Å²) in [5.74, 6) is 0.591. The quantitative estimate of drug-likeness (QED) is 0.376. The first kappa shape index (κ1) is 13.7. The van der Waals surface area contributed by atoms with Crippen LogP contribution in [-0.4, -0.2) is 16.8 Å². The van der Waals surface area contributed by atoms with Gasteiger partial charge in [-0.2, -0.15) is 0 Å². The Balaban J connectivity index is 1.94. The number of hydrogen-bond acceptors (Lipinski definition) is 6. The molecule has 0 saturated heterocycles. The molecule has 0 unspecified atom stereocenters. The van der Waals surface area contributed by atoms with E-state index in [1.807, 2.05) is 0 Å². The SMILES string of the molecule is Cc1ccc(/C=C2/N=C(c3cccc([N+](=O)[O-])c3)OC2=O)o1. The molecule has 0 radical (unpaired) electrons.